The lowest BCUT2D eigenvalue weighted by atomic mass is 10.2. The van der Waals surface area contributed by atoms with Crippen LogP contribution in [0.4, 0.5) is 5.82 Å². The summed E-state index contributed by atoms with van der Waals surface area (Å²) in [7, 11) is 1.67. The molecule has 0 radical (unpaired) electrons. The quantitative estimate of drug-likeness (QED) is 0.263. The topological polar surface area (TPSA) is 83.7 Å². The summed E-state index contributed by atoms with van der Waals surface area (Å²) in [5, 5.41) is 3.55. The lowest BCUT2D eigenvalue weighted by molar-refractivity contribution is 0.0920. The van der Waals surface area contributed by atoms with E-state index in [0.29, 0.717) is 41.5 Å². The summed E-state index contributed by atoms with van der Waals surface area (Å²) in [5.41, 5.74) is 2.07. The van der Waals surface area contributed by atoms with Crippen LogP contribution in [0.2, 0.25) is 0 Å². The van der Waals surface area contributed by atoms with Gasteiger partial charge in [0.15, 0.2) is 10.9 Å². The number of nitrogens with zero attached hydrogens (tertiary/aromatic N) is 4. The van der Waals surface area contributed by atoms with Gasteiger partial charge in [0.25, 0.3) is 5.91 Å². The van der Waals surface area contributed by atoms with Crippen molar-refractivity contribution < 1.29 is 13.9 Å². The van der Waals surface area contributed by atoms with Crippen molar-refractivity contribution in [1.82, 2.24) is 20.2 Å². The van der Waals surface area contributed by atoms with Gasteiger partial charge in [-0.3, -0.25) is 9.69 Å². The van der Waals surface area contributed by atoms with Crippen LogP contribution in [0.15, 0.2) is 64.2 Å². The lowest BCUT2D eigenvalue weighted by Crippen LogP contribution is -2.46. The first kappa shape index (κ1) is 27.9. The maximum absolute atomic E-state index is 12.3. The molecular formula is C29H37N5O3S. The molecule has 0 aliphatic carbocycles. The summed E-state index contributed by atoms with van der Waals surface area (Å²) in [6, 6.07) is 16.0. The largest absolute Gasteiger partial charge is 0.455 e. The Labute approximate surface area is 229 Å². The molecule has 202 valence electrons. The van der Waals surface area contributed by atoms with Crippen LogP contribution in [-0.4, -0.2) is 67.2 Å². The number of nitrogens with one attached hydrogen (secondary N) is 1. The number of furan rings is 1. The van der Waals surface area contributed by atoms with Crippen molar-refractivity contribution in [1.29, 1.82) is 0 Å². The average molecular weight is 536 g/mol. The van der Waals surface area contributed by atoms with Crippen molar-refractivity contribution in [2.75, 3.05) is 51.3 Å². The zero-order chi connectivity index (χ0) is 26.7. The summed E-state index contributed by atoms with van der Waals surface area (Å²) >= 11 is 1.50. The summed E-state index contributed by atoms with van der Waals surface area (Å²) in [6.07, 6.45) is 4.41. The fraction of sp³-hybridized carbons (Fsp3) is 0.414. The minimum absolute atomic E-state index is 0.190. The van der Waals surface area contributed by atoms with Crippen molar-refractivity contribution in [3.63, 3.8) is 0 Å². The fourth-order valence-corrected chi connectivity index (χ4v) is 4.83. The molecule has 2 aromatic heterocycles. The second kappa shape index (κ2) is 14.1. The molecule has 0 saturated carbocycles. The van der Waals surface area contributed by atoms with Gasteiger partial charge in [-0.05, 0) is 23.6 Å². The maximum atomic E-state index is 12.3. The van der Waals surface area contributed by atoms with E-state index in [9.17, 15) is 4.79 Å². The minimum atomic E-state index is -0.190. The van der Waals surface area contributed by atoms with Crippen LogP contribution >= 0.6 is 11.8 Å². The molecule has 1 saturated heterocycles. The molecule has 8 nitrogen and oxygen atoms in total. The number of thioether (sulfide) groups is 1. The molecular weight excluding hydrogens is 498 g/mol. The molecule has 4 rings (SSSR count). The number of aromatic nitrogens is 2. The third-order valence-corrected chi connectivity index (χ3v) is 6.98. The lowest BCUT2D eigenvalue weighted by Gasteiger charge is -2.35. The van der Waals surface area contributed by atoms with Crippen molar-refractivity contribution in [3.8, 4) is 0 Å². The molecule has 1 aliphatic heterocycles. The molecule has 1 amide bonds. The Hall–Kier alpha value is -3.14. The number of rotatable bonds is 12. The summed E-state index contributed by atoms with van der Waals surface area (Å²) in [4.78, 5) is 26.5. The number of ether oxygens (including phenoxy) is 1. The third kappa shape index (κ3) is 8.44. The maximum Gasteiger partial charge on any atom is 0.287 e. The van der Waals surface area contributed by atoms with Gasteiger partial charge < -0.3 is 19.4 Å². The number of hydrogen-bond donors (Lipinski definition) is 1. The van der Waals surface area contributed by atoms with E-state index >= 15 is 0 Å². The van der Waals surface area contributed by atoms with Crippen molar-refractivity contribution >= 4 is 29.6 Å². The first-order valence-electron chi connectivity index (χ1n) is 13.1. The Bertz CT molecular complexity index is 1190. The predicted molar refractivity (Wildman–Crippen MR) is 152 cm³/mol. The number of hydrogen-bond acceptors (Lipinski definition) is 8. The molecule has 38 heavy (non-hydrogen) atoms. The summed E-state index contributed by atoms with van der Waals surface area (Å²) in [5.74, 6) is 2.69. The molecule has 0 spiro atoms. The zero-order valence-electron chi connectivity index (χ0n) is 22.4. The Kier molecular flexibility index (Phi) is 10.4. The summed E-state index contributed by atoms with van der Waals surface area (Å²) < 4.78 is 11.1. The molecule has 3 heterocycles. The van der Waals surface area contributed by atoms with Gasteiger partial charge in [-0.2, -0.15) is 0 Å². The number of amides is 1. The zero-order valence-corrected chi connectivity index (χ0v) is 23.2. The number of anilines is 1. The van der Waals surface area contributed by atoms with E-state index in [1.165, 1.54) is 17.3 Å². The van der Waals surface area contributed by atoms with Gasteiger partial charge in [0.05, 0.1) is 18.1 Å². The standard InChI is InChI=1S/C29H37N5O3S/c1-22(2)19-30-28(35)26-12-11-25(37-26)21-38-29-31-24(20-36-3)18-27(32-29)34-16-14-33(15-17-34)13-7-10-23-8-5-4-6-9-23/h4-12,18,22H,13-17,19-21H2,1-3H3,(H,30,35)/b10-7+. The number of piperazine rings is 1. The number of benzene rings is 1. The number of carbonyl (C=O) groups is 1. The summed E-state index contributed by atoms with van der Waals surface area (Å²) in [6.45, 7) is 9.84. The van der Waals surface area contributed by atoms with E-state index in [1.54, 1.807) is 13.2 Å². The smallest absolute Gasteiger partial charge is 0.287 e. The molecule has 0 unspecified atom stereocenters. The van der Waals surface area contributed by atoms with Gasteiger partial charge in [-0.15, -0.1) is 0 Å². The molecule has 1 fully saturated rings. The van der Waals surface area contributed by atoms with E-state index < -0.39 is 0 Å². The predicted octanol–water partition coefficient (Wildman–Crippen LogP) is 4.73. The number of methoxy groups -OCH3 is 1. The fourth-order valence-electron chi connectivity index (χ4n) is 4.07. The highest BCUT2D eigenvalue weighted by Gasteiger charge is 2.19. The van der Waals surface area contributed by atoms with Crippen molar-refractivity contribution in [3.05, 3.63) is 77.4 Å². The molecule has 0 bridgehead atoms. The minimum Gasteiger partial charge on any atom is -0.455 e. The Morgan fingerprint density at radius 1 is 1.13 bits per heavy atom. The van der Waals surface area contributed by atoms with Crippen LogP contribution < -0.4 is 10.2 Å². The highest BCUT2D eigenvalue weighted by Crippen LogP contribution is 2.25. The Morgan fingerprint density at radius 2 is 1.92 bits per heavy atom. The van der Waals surface area contributed by atoms with E-state index in [2.05, 4.69) is 70.4 Å². The average Bonchev–Trinajstić information content (AvgIpc) is 3.41. The SMILES string of the molecule is COCc1cc(N2CCN(C/C=C/c3ccccc3)CC2)nc(SCc2ccc(C(=O)NCC(C)C)o2)n1. The van der Waals surface area contributed by atoms with Crippen LogP contribution in [0, 0.1) is 5.92 Å². The molecule has 1 aliphatic rings. The highest BCUT2D eigenvalue weighted by atomic mass is 32.2. The Morgan fingerprint density at radius 3 is 2.66 bits per heavy atom. The van der Waals surface area contributed by atoms with Crippen LogP contribution in [-0.2, 0) is 17.1 Å². The van der Waals surface area contributed by atoms with Gasteiger partial charge in [0, 0.05) is 52.4 Å². The van der Waals surface area contributed by atoms with Crippen molar-refractivity contribution in [2.24, 2.45) is 5.92 Å². The van der Waals surface area contributed by atoms with Crippen LogP contribution in [0.5, 0.6) is 0 Å². The van der Waals surface area contributed by atoms with Gasteiger partial charge in [0.1, 0.15) is 11.6 Å². The van der Waals surface area contributed by atoms with Gasteiger partial charge in [-0.1, -0.05) is 68.1 Å². The first-order chi connectivity index (χ1) is 18.5. The van der Waals surface area contributed by atoms with Crippen LogP contribution in [0.3, 0.4) is 0 Å². The Balaban J connectivity index is 1.33. The molecule has 0 atom stereocenters. The highest BCUT2D eigenvalue weighted by molar-refractivity contribution is 7.98. The molecule has 9 heteroatoms. The van der Waals surface area contributed by atoms with E-state index in [0.717, 1.165) is 44.2 Å². The van der Waals surface area contributed by atoms with Crippen LogP contribution in [0.25, 0.3) is 6.08 Å². The second-order valence-corrected chi connectivity index (χ2v) is 10.6. The molecule has 1 N–H and O–H groups in total. The first-order valence-corrected chi connectivity index (χ1v) is 14.0. The van der Waals surface area contributed by atoms with Gasteiger partial charge in [-0.25, -0.2) is 9.97 Å². The van der Waals surface area contributed by atoms with Gasteiger partial charge >= 0.3 is 0 Å². The van der Waals surface area contributed by atoms with Crippen molar-refractivity contribution in [2.45, 2.75) is 31.4 Å². The molecule has 1 aromatic carbocycles. The van der Waals surface area contributed by atoms with Gasteiger partial charge in [0.2, 0.25) is 0 Å². The van der Waals surface area contributed by atoms with Crippen LogP contribution in [0.1, 0.15) is 41.4 Å². The monoisotopic (exact) mass is 535 g/mol. The van der Waals surface area contributed by atoms with E-state index in [4.69, 9.17) is 14.1 Å². The van der Waals surface area contributed by atoms with E-state index in [-0.39, 0.29) is 5.91 Å². The third-order valence-electron chi connectivity index (χ3n) is 6.11. The van der Waals surface area contributed by atoms with E-state index in [1.807, 2.05) is 18.2 Å². The second-order valence-electron chi connectivity index (χ2n) is 9.69. The number of carbonyl (C=O) groups excluding carboxylic acids is 1. The normalized spacial score (nSPS) is 14.5. The molecule has 3 aromatic rings.